The SMILES string of the molecule is CCOC(=O)C1=C(N)[SH]=C2SCCN21. The number of carbonyl (C=O) groups excluding carboxylic acids is 1. The topological polar surface area (TPSA) is 55.6 Å². The second kappa shape index (κ2) is 3.86. The summed E-state index contributed by atoms with van der Waals surface area (Å²) < 4.78 is 6.12. The first kappa shape index (κ1) is 9.92. The maximum absolute atomic E-state index is 11.6. The second-order valence-corrected chi connectivity index (χ2v) is 5.36. The highest BCUT2D eigenvalue weighted by Crippen LogP contribution is 2.34. The summed E-state index contributed by atoms with van der Waals surface area (Å²) in [6, 6.07) is 0. The number of esters is 1. The molecule has 1 fully saturated rings. The summed E-state index contributed by atoms with van der Waals surface area (Å²) in [5.74, 6) is 0.730. The van der Waals surface area contributed by atoms with Crippen LogP contribution >= 0.6 is 23.1 Å². The van der Waals surface area contributed by atoms with Crippen molar-refractivity contribution in [3.05, 3.63) is 10.7 Å². The van der Waals surface area contributed by atoms with Crippen molar-refractivity contribution in [3.8, 4) is 0 Å². The number of nitrogens with two attached hydrogens (primary N) is 1. The lowest BCUT2D eigenvalue weighted by Gasteiger charge is -2.15. The van der Waals surface area contributed by atoms with Crippen LogP contribution in [0.2, 0.25) is 0 Å². The third-order valence-corrected chi connectivity index (χ3v) is 4.39. The first-order chi connectivity index (χ1) is 6.74. The van der Waals surface area contributed by atoms with Gasteiger partial charge in [0.2, 0.25) is 0 Å². The molecule has 1 saturated heterocycles. The third kappa shape index (κ3) is 1.52. The maximum Gasteiger partial charge on any atom is 0.357 e. The lowest BCUT2D eigenvalue weighted by molar-refractivity contribution is -0.139. The van der Waals surface area contributed by atoms with Crippen LogP contribution in [0, 0.1) is 0 Å². The molecule has 2 aliphatic rings. The van der Waals surface area contributed by atoms with Gasteiger partial charge in [-0.1, -0.05) is 0 Å². The largest absolute Gasteiger partial charge is 0.461 e. The van der Waals surface area contributed by atoms with Gasteiger partial charge >= 0.3 is 5.97 Å². The standard InChI is InChI=1S/C8H12N2O2S2/c1-2-12-7(11)5-6(9)14-8-10(5)3-4-13-8/h14H,2-4,9H2,1H3. The van der Waals surface area contributed by atoms with Crippen molar-refractivity contribution >= 4 is 33.4 Å². The molecule has 0 unspecified atom stereocenters. The Morgan fingerprint density at radius 3 is 3.29 bits per heavy atom. The second-order valence-electron chi connectivity index (χ2n) is 2.85. The van der Waals surface area contributed by atoms with Crippen molar-refractivity contribution < 1.29 is 9.53 Å². The lowest BCUT2D eigenvalue weighted by atomic mass is 10.4. The zero-order valence-corrected chi connectivity index (χ0v) is 9.53. The average molecular weight is 232 g/mol. The van der Waals surface area contributed by atoms with Crippen LogP contribution in [0.15, 0.2) is 10.7 Å². The Morgan fingerprint density at radius 1 is 1.79 bits per heavy atom. The molecule has 78 valence electrons. The van der Waals surface area contributed by atoms with Crippen LogP contribution in [0.3, 0.4) is 0 Å². The van der Waals surface area contributed by atoms with E-state index >= 15 is 0 Å². The van der Waals surface area contributed by atoms with Gasteiger partial charge in [0, 0.05) is 12.3 Å². The van der Waals surface area contributed by atoms with E-state index in [9.17, 15) is 4.79 Å². The Bertz CT molecular complexity index is 338. The van der Waals surface area contributed by atoms with Gasteiger partial charge in [-0.25, -0.2) is 4.79 Å². The highest BCUT2D eigenvalue weighted by molar-refractivity contribution is 8.28. The Hall–Kier alpha value is -0.620. The summed E-state index contributed by atoms with van der Waals surface area (Å²) >= 11 is 2.72. The highest BCUT2D eigenvalue weighted by atomic mass is 32.2. The molecule has 0 aliphatic carbocycles. The van der Waals surface area contributed by atoms with Crippen LogP contribution in [0.5, 0.6) is 0 Å². The van der Waals surface area contributed by atoms with Crippen LogP contribution in [0.4, 0.5) is 0 Å². The van der Waals surface area contributed by atoms with Crippen molar-refractivity contribution in [2.45, 2.75) is 6.92 Å². The number of thioether (sulfide) groups is 1. The quantitative estimate of drug-likeness (QED) is 0.407. The van der Waals surface area contributed by atoms with Crippen molar-refractivity contribution in [1.29, 1.82) is 0 Å². The first-order valence-electron chi connectivity index (χ1n) is 4.40. The van der Waals surface area contributed by atoms with E-state index in [4.69, 9.17) is 10.5 Å². The van der Waals surface area contributed by atoms with E-state index in [1.165, 1.54) is 0 Å². The molecule has 0 aromatic rings. The number of hydrogen-bond donors (Lipinski definition) is 2. The molecule has 0 bridgehead atoms. The molecule has 0 spiro atoms. The molecule has 0 aromatic heterocycles. The molecule has 2 aliphatic heterocycles. The van der Waals surface area contributed by atoms with E-state index in [0.717, 1.165) is 28.0 Å². The van der Waals surface area contributed by atoms with E-state index in [-0.39, 0.29) is 5.97 Å². The van der Waals surface area contributed by atoms with Gasteiger partial charge in [0.05, 0.1) is 11.6 Å². The zero-order valence-electron chi connectivity index (χ0n) is 7.82. The van der Waals surface area contributed by atoms with Crippen LogP contribution < -0.4 is 5.73 Å². The summed E-state index contributed by atoms with van der Waals surface area (Å²) in [5, 5.41) is 0.616. The molecule has 2 rings (SSSR count). The summed E-state index contributed by atoms with van der Waals surface area (Å²) in [7, 11) is 0. The Balaban J connectivity index is 2.20. The molecule has 2 heterocycles. The number of carbonyl (C=O) groups is 1. The lowest BCUT2D eigenvalue weighted by Crippen LogP contribution is -2.27. The van der Waals surface area contributed by atoms with E-state index < -0.39 is 0 Å². The molecule has 2 N–H and O–H groups in total. The normalized spacial score (nSPS) is 20.4. The summed E-state index contributed by atoms with van der Waals surface area (Å²) in [6.07, 6.45) is 0. The fourth-order valence-corrected chi connectivity index (χ4v) is 3.88. The molecule has 0 amide bonds. The Labute approximate surface area is 90.4 Å². The monoisotopic (exact) mass is 232 g/mol. The molecule has 4 nitrogen and oxygen atoms in total. The molecule has 6 heteroatoms. The zero-order chi connectivity index (χ0) is 10.1. The summed E-state index contributed by atoms with van der Waals surface area (Å²) in [6.45, 7) is 3.05. The van der Waals surface area contributed by atoms with Gasteiger partial charge in [0.25, 0.3) is 0 Å². The molecular formula is C8H12N2O2S2. The van der Waals surface area contributed by atoms with Crippen molar-refractivity contribution in [2.75, 3.05) is 18.9 Å². The van der Waals surface area contributed by atoms with Crippen molar-refractivity contribution in [2.24, 2.45) is 5.73 Å². The fourth-order valence-electron chi connectivity index (χ4n) is 1.41. The minimum atomic E-state index is -0.296. The fraction of sp³-hybridized carbons (Fsp3) is 0.500. The maximum atomic E-state index is 11.6. The van der Waals surface area contributed by atoms with E-state index in [0.29, 0.717) is 17.3 Å². The average Bonchev–Trinajstić information content (AvgIpc) is 2.63. The Kier molecular flexibility index (Phi) is 2.73. The molecule has 0 radical (unpaired) electrons. The van der Waals surface area contributed by atoms with Crippen molar-refractivity contribution in [3.63, 3.8) is 0 Å². The number of rotatable bonds is 2. The number of fused-ring (bicyclic) bond motifs is 1. The van der Waals surface area contributed by atoms with E-state index in [1.807, 2.05) is 4.90 Å². The summed E-state index contributed by atoms with van der Waals surface area (Å²) in [4.78, 5) is 13.5. The minimum Gasteiger partial charge on any atom is -0.461 e. The van der Waals surface area contributed by atoms with Crippen LogP contribution in [-0.2, 0) is 9.53 Å². The number of thiol groups is 1. The van der Waals surface area contributed by atoms with Crippen LogP contribution in [0.25, 0.3) is 0 Å². The van der Waals surface area contributed by atoms with Gasteiger partial charge in [-0.05, 0) is 6.92 Å². The molecule has 14 heavy (non-hydrogen) atoms. The van der Waals surface area contributed by atoms with Crippen molar-refractivity contribution in [1.82, 2.24) is 4.90 Å². The minimum absolute atomic E-state index is 0.296. The van der Waals surface area contributed by atoms with Gasteiger partial charge in [0.15, 0.2) is 5.70 Å². The number of ether oxygens (including phenoxy) is 1. The van der Waals surface area contributed by atoms with Gasteiger partial charge in [0.1, 0.15) is 4.32 Å². The van der Waals surface area contributed by atoms with Gasteiger partial charge < -0.3 is 15.4 Å². The smallest absolute Gasteiger partial charge is 0.357 e. The highest BCUT2D eigenvalue weighted by Gasteiger charge is 2.33. The molecule has 0 saturated carbocycles. The molecule has 0 aromatic carbocycles. The van der Waals surface area contributed by atoms with Gasteiger partial charge in [-0.15, -0.1) is 23.1 Å². The van der Waals surface area contributed by atoms with E-state index in [1.54, 1.807) is 18.7 Å². The van der Waals surface area contributed by atoms with Crippen LogP contribution in [-0.4, -0.2) is 34.1 Å². The van der Waals surface area contributed by atoms with Gasteiger partial charge in [-0.2, -0.15) is 0 Å². The predicted molar refractivity (Wildman–Crippen MR) is 61.0 cm³/mol. The third-order valence-electron chi connectivity index (χ3n) is 1.97. The first-order valence-corrected chi connectivity index (χ1v) is 6.28. The molecule has 0 atom stereocenters. The van der Waals surface area contributed by atoms with E-state index in [2.05, 4.69) is 0 Å². The Morgan fingerprint density at radius 2 is 2.57 bits per heavy atom. The predicted octanol–water partition coefficient (Wildman–Crippen LogP) is 0.293. The van der Waals surface area contributed by atoms with Crippen LogP contribution in [0.1, 0.15) is 6.92 Å². The number of hydrogen-bond acceptors (Lipinski definition) is 5. The summed E-state index contributed by atoms with van der Waals surface area (Å²) in [5.41, 5.74) is 6.34. The van der Waals surface area contributed by atoms with Gasteiger partial charge in [-0.3, -0.25) is 0 Å². The molecular weight excluding hydrogens is 220 g/mol. The number of nitrogens with zero attached hydrogens (tertiary/aromatic N) is 1.